The summed E-state index contributed by atoms with van der Waals surface area (Å²) in [6.45, 7) is 2.11. The molecule has 0 spiro atoms. The first-order valence-corrected chi connectivity index (χ1v) is 9.60. The van der Waals surface area contributed by atoms with Crippen molar-refractivity contribution < 1.29 is 4.74 Å². The molecule has 0 N–H and O–H groups in total. The molecule has 3 aromatic carbocycles. The van der Waals surface area contributed by atoms with Gasteiger partial charge >= 0.3 is 0 Å². The lowest BCUT2D eigenvalue weighted by Crippen LogP contribution is -1.95. The summed E-state index contributed by atoms with van der Waals surface area (Å²) < 4.78 is 9.39. The van der Waals surface area contributed by atoms with Gasteiger partial charge in [-0.15, -0.1) is 0 Å². The molecule has 0 radical (unpaired) electrons. The Morgan fingerprint density at radius 1 is 0.897 bits per heavy atom. The Morgan fingerprint density at radius 2 is 1.72 bits per heavy atom. The molecule has 5 rings (SSSR count). The summed E-state index contributed by atoms with van der Waals surface area (Å²) in [6.07, 6.45) is 0. The number of rotatable bonds is 3. The van der Waals surface area contributed by atoms with E-state index in [1.165, 1.54) is 11.1 Å². The summed E-state index contributed by atoms with van der Waals surface area (Å²) in [4.78, 5) is 4.83. The number of imidazole rings is 1. The first kappa shape index (κ1) is 17.5. The molecule has 0 aliphatic heterocycles. The third-order valence-corrected chi connectivity index (χ3v) is 5.60. The van der Waals surface area contributed by atoms with E-state index in [1.807, 2.05) is 43.0 Å². The average Bonchev–Trinajstić information content (AvgIpc) is 3.25. The van der Waals surface area contributed by atoms with Crippen LogP contribution in [0.1, 0.15) is 5.56 Å². The molecule has 29 heavy (non-hydrogen) atoms. The zero-order valence-corrected chi connectivity index (χ0v) is 17.0. The van der Waals surface area contributed by atoms with Crippen LogP contribution < -0.4 is 4.74 Å². The molecule has 144 valence electrons. The van der Waals surface area contributed by atoms with E-state index in [4.69, 9.17) is 14.8 Å². The van der Waals surface area contributed by atoms with Gasteiger partial charge in [-0.05, 0) is 60.0 Å². The van der Waals surface area contributed by atoms with Crippen LogP contribution in [0.25, 0.3) is 44.6 Å². The maximum absolute atomic E-state index is 5.34. The normalized spacial score (nSPS) is 11.4. The van der Waals surface area contributed by atoms with Crippen LogP contribution in [0.3, 0.4) is 0 Å². The molecule has 0 bridgehead atoms. The zero-order valence-electron chi connectivity index (χ0n) is 17.0. The minimum Gasteiger partial charge on any atom is -0.497 e. The molecule has 0 unspecified atom stereocenters. The fourth-order valence-electron chi connectivity index (χ4n) is 4.03. The maximum atomic E-state index is 5.34. The molecule has 2 heterocycles. The second-order valence-electron chi connectivity index (χ2n) is 7.37. The Morgan fingerprint density at radius 3 is 2.48 bits per heavy atom. The molecule has 0 fully saturated rings. The number of benzene rings is 3. The van der Waals surface area contributed by atoms with Gasteiger partial charge in [-0.25, -0.2) is 4.98 Å². The van der Waals surface area contributed by atoms with Crippen molar-refractivity contribution in [1.29, 1.82) is 0 Å². The summed E-state index contributed by atoms with van der Waals surface area (Å²) >= 11 is 0. The van der Waals surface area contributed by atoms with E-state index in [9.17, 15) is 0 Å². The first-order chi connectivity index (χ1) is 14.1. The quantitative estimate of drug-likeness (QED) is 0.435. The van der Waals surface area contributed by atoms with Gasteiger partial charge in [0.05, 0.1) is 23.7 Å². The van der Waals surface area contributed by atoms with Gasteiger partial charge in [-0.3, -0.25) is 4.68 Å². The highest BCUT2D eigenvalue weighted by molar-refractivity contribution is 5.96. The summed E-state index contributed by atoms with van der Waals surface area (Å²) in [5, 5.41) is 5.91. The van der Waals surface area contributed by atoms with Crippen LogP contribution in [0.2, 0.25) is 0 Å². The first-order valence-electron chi connectivity index (χ1n) is 9.60. The van der Waals surface area contributed by atoms with E-state index in [2.05, 4.69) is 47.9 Å². The molecule has 0 aliphatic rings. The molecular formula is C24H22N4O. The van der Waals surface area contributed by atoms with E-state index >= 15 is 0 Å². The summed E-state index contributed by atoms with van der Waals surface area (Å²) in [7, 11) is 5.72. The number of ether oxygens (including phenoxy) is 1. The van der Waals surface area contributed by atoms with Gasteiger partial charge < -0.3 is 9.30 Å². The van der Waals surface area contributed by atoms with Crippen LogP contribution in [0.5, 0.6) is 5.75 Å². The van der Waals surface area contributed by atoms with Crippen molar-refractivity contribution in [3.8, 4) is 28.4 Å². The monoisotopic (exact) mass is 382 g/mol. The molecule has 0 atom stereocenters. The van der Waals surface area contributed by atoms with Crippen molar-refractivity contribution >= 4 is 21.9 Å². The van der Waals surface area contributed by atoms with Gasteiger partial charge in [0.15, 0.2) is 5.82 Å². The van der Waals surface area contributed by atoms with Gasteiger partial charge in [-0.2, -0.15) is 5.10 Å². The predicted octanol–water partition coefficient (Wildman–Crippen LogP) is 5.11. The molecule has 0 saturated carbocycles. The van der Waals surface area contributed by atoms with E-state index in [-0.39, 0.29) is 0 Å². The van der Waals surface area contributed by atoms with E-state index in [0.717, 1.165) is 44.8 Å². The van der Waals surface area contributed by atoms with Gasteiger partial charge in [0.2, 0.25) is 0 Å². The van der Waals surface area contributed by atoms with Crippen LogP contribution in [0.4, 0.5) is 0 Å². The average molecular weight is 382 g/mol. The standard InChI is InChI=1S/C24H22N4O/c1-15-13-17(29-4)10-12-18(15)16-9-11-19-22(14-16)28(3)26-23(19)24-25-20-7-5-6-8-21(20)27(24)2/h5-14H,1-4H3. The SMILES string of the molecule is COc1ccc(-c2ccc3c(-c4nc5ccccc5n4C)nn(C)c3c2)c(C)c1. The molecule has 5 aromatic rings. The third kappa shape index (κ3) is 2.70. The molecule has 5 nitrogen and oxygen atoms in total. The maximum Gasteiger partial charge on any atom is 0.162 e. The highest BCUT2D eigenvalue weighted by atomic mass is 16.5. The number of nitrogens with zero attached hydrogens (tertiary/aromatic N) is 4. The smallest absolute Gasteiger partial charge is 0.162 e. The Bertz CT molecular complexity index is 1380. The molecule has 0 saturated heterocycles. The van der Waals surface area contributed by atoms with Gasteiger partial charge in [0.25, 0.3) is 0 Å². The van der Waals surface area contributed by atoms with Crippen LogP contribution in [0.15, 0.2) is 60.7 Å². The summed E-state index contributed by atoms with van der Waals surface area (Å²) in [5.41, 5.74) is 7.61. The van der Waals surface area contributed by atoms with Crippen molar-refractivity contribution in [2.75, 3.05) is 7.11 Å². The second kappa shape index (κ2) is 6.48. The topological polar surface area (TPSA) is 44.9 Å². The number of para-hydroxylation sites is 2. The lowest BCUT2D eigenvalue weighted by molar-refractivity contribution is 0.414. The van der Waals surface area contributed by atoms with Crippen molar-refractivity contribution in [1.82, 2.24) is 19.3 Å². The van der Waals surface area contributed by atoms with E-state index in [1.54, 1.807) is 7.11 Å². The van der Waals surface area contributed by atoms with Crippen molar-refractivity contribution in [3.63, 3.8) is 0 Å². The highest BCUT2D eigenvalue weighted by Gasteiger charge is 2.17. The molecular weight excluding hydrogens is 360 g/mol. The van der Waals surface area contributed by atoms with Crippen LogP contribution >= 0.6 is 0 Å². The Hall–Kier alpha value is -3.60. The number of aryl methyl sites for hydroxylation is 3. The number of aromatic nitrogens is 4. The molecule has 5 heteroatoms. The Balaban J connectivity index is 1.68. The fraction of sp³-hybridized carbons (Fsp3) is 0.167. The van der Waals surface area contributed by atoms with E-state index < -0.39 is 0 Å². The Labute approximate surface area is 169 Å². The third-order valence-electron chi connectivity index (χ3n) is 5.60. The molecule has 2 aromatic heterocycles. The Kier molecular flexibility index (Phi) is 3.91. The lowest BCUT2D eigenvalue weighted by Gasteiger charge is -2.09. The number of fused-ring (bicyclic) bond motifs is 2. The van der Waals surface area contributed by atoms with Crippen molar-refractivity contribution in [2.45, 2.75) is 6.92 Å². The van der Waals surface area contributed by atoms with Crippen LogP contribution in [-0.4, -0.2) is 26.4 Å². The van der Waals surface area contributed by atoms with Crippen LogP contribution in [0, 0.1) is 6.92 Å². The predicted molar refractivity (Wildman–Crippen MR) is 117 cm³/mol. The summed E-state index contributed by atoms with van der Waals surface area (Å²) in [5.74, 6) is 1.75. The van der Waals surface area contributed by atoms with Crippen molar-refractivity contribution in [2.24, 2.45) is 14.1 Å². The van der Waals surface area contributed by atoms with Gasteiger partial charge in [-0.1, -0.05) is 24.3 Å². The minimum absolute atomic E-state index is 0.872. The number of methoxy groups -OCH3 is 1. The number of hydrogen-bond donors (Lipinski definition) is 0. The summed E-state index contributed by atoms with van der Waals surface area (Å²) in [6, 6.07) is 20.8. The van der Waals surface area contributed by atoms with Gasteiger partial charge in [0, 0.05) is 19.5 Å². The number of hydrogen-bond acceptors (Lipinski definition) is 3. The molecule has 0 aliphatic carbocycles. The highest BCUT2D eigenvalue weighted by Crippen LogP contribution is 2.33. The lowest BCUT2D eigenvalue weighted by atomic mass is 9.99. The largest absolute Gasteiger partial charge is 0.497 e. The molecule has 0 amide bonds. The zero-order chi connectivity index (χ0) is 20.1. The second-order valence-corrected chi connectivity index (χ2v) is 7.37. The van der Waals surface area contributed by atoms with Crippen LogP contribution in [-0.2, 0) is 14.1 Å². The fourth-order valence-corrected chi connectivity index (χ4v) is 4.03. The van der Waals surface area contributed by atoms with E-state index in [0.29, 0.717) is 0 Å². The van der Waals surface area contributed by atoms with Gasteiger partial charge in [0.1, 0.15) is 11.4 Å². The van der Waals surface area contributed by atoms with Crippen molar-refractivity contribution in [3.05, 3.63) is 66.2 Å². The minimum atomic E-state index is 0.872.